The Morgan fingerprint density at radius 3 is 2.59 bits per heavy atom. The van der Waals surface area contributed by atoms with Crippen LogP contribution in [-0.4, -0.2) is 63.0 Å². The van der Waals surface area contributed by atoms with Gasteiger partial charge in [-0.2, -0.15) is 0 Å². The van der Waals surface area contributed by atoms with E-state index in [1.807, 2.05) is 26.0 Å². The van der Waals surface area contributed by atoms with Gasteiger partial charge in [-0.1, -0.05) is 41.4 Å². The van der Waals surface area contributed by atoms with Crippen LogP contribution in [0.25, 0.3) is 6.08 Å². The van der Waals surface area contributed by atoms with Crippen molar-refractivity contribution < 1.29 is 30.0 Å². The molecule has 1 aliphatic heterocycles. The molecule has 4 N–H and O–H groups in total. The normalized spacial score (nSPS) is 24.1. The lowest BCUT2D eigenvalue weighted by Gasteiger charge is -2.36. The third kappa shape index (κ3) is 5.30. The Labute approximate surface area is 208 Å². The summed E-state index contributed by atoms with van der Waals surface area (Å²) >= 11 is 3.41. The minimum atomic E-state index is -0.963. The molecule has 1 fully saturated rings. The lowest BCUT2D eigenvalue weighted by atomic mass is 9.68. The number of rotatable bonds is 10. The summed E-state index contributed by atoms with van der Waals surface area (Å²) < 4.78 is 0.847. The van der Waals surface area contributed by atoms with E-state index in [1.54, 1.807) is 12.1 Å². The van der Waals surface area contributed by atoms with E-state index in [2.05, 4.69) is 15.9 Å². The summed E-state index contributed by atoms with van der Waals surface area (Å²) in [4.78, 5) is 27.2. The van der Waals surface area contributed by atoms with Crippen molar-refractivity contribution in [3.8, 4) is 5.75 Å². The SMILES string of the molecule is CCCN1C(=O)[C@@H]2[C@@H](CC(CO)=C([C@H](O)CC/C(=C/c3cc(Br)ccc3O)CC)[C@@H]2CO)C1=O. The van der Waals surface area contributed by atoms with Crippen LogP contribution in [0, 0.1) is 17.8 Å². The highest BCUT2D eigenvalue weighted by Gasteiger charge is 2.54. The average molecular weight is 536 g/mol. The molecule has 4 atom stereocenters. The second kappa shape index (κ2) is 11.6. The number of benzene rings is 1. The Bertz CT molecular complexity index is 988. The fraction of sp³-hybridized carbons (Fsp3) is 0.538. The highest BCUT2D eigenvalue weighted by molar-refractivity contribution is 9.10. The van der Waals surface area contributed by atoms with Gasteiger partial charge in [-0.15, -0.1) is 0 Å². The predicted octanol–water partition coefficient (Wildman–Crippen LogP) is 3.40. The molecule has 8 heteroatoms. The van der Waals surface area contributed by atoms with E-state index < -0.39 is 23.9 Å². The van der Waals surface area contributed by atoms with Gasteiger partial charge in [0.25, 0.3) is 0 Å². The zero-order valence-electron chi connectivity index (χ0n) is 19.7. The topological polar surface area (TPSA) is 118 Å². The number of carbonyl (C=O) groups excluding carboxylic acids is 2. The van der Waals surface area contributed by atoms with E-state index >= 15 is 0 Å². The van der Waals surface area contributed by atoms with Crippen molar-refractivity contribution in [1.29, 1.82) is 0 Å². The molecule has 0 unspecified atom stereocenters. The van der Waals surface area contributed by atoms with E-state index in [0.717, 1.165) is 16.5 Å². The summed E-state index contributed by atoms with van der Waals surface area (Å²) in [5.41, 5.74) is 2.73. The van der Waals surface area contributed by atoms with Gasteiger partial charge >= 0.3 is 0 Å². The number of hydrogen-bond acceptors (Lipinski definition) is 6. The summed E-state index contributed by atoms with van der Waals surface area (Å²) in [6.07, 6.45) is 3.39. The fourth-order valence-corrected chi connectivity index (χ4v) is 5.68. The van der Waals surface area contributed by atoms with Crippen molar-refractivity contribution in [3.63, 3.8) is 0 Å². The maximum Gasteiger partial charge on any atom is 0.233 e. The van der Waals surface area contributed by atoms with Gasteiger partial charge in [-0.05, 0) is 61.4 Å². The molecule has 34 heavy (non-hydrogen) atoms. The van der Waals surface area contributed by atoms with E-state index in [4.69, 9.17) is 0 Å². The van der Waals surface area contributed by atoms with Gasteiger partial charge in [0.15, 0.2) is 0 Å². The highest BCUT2D eigenvalue weighted by Crippen LogP contribution is 2.46. The molecule has 3 rings (SSSR count). The smallest absolute Gasteiger partial charge is 0.233 e. The standard InChI is InChI=1S/C26H34BrNO6/c1-3-9-28-25(33)19-12-17(13-29)23(20(14-30)24(19)26(28)34)22(32)7-5-15(4-2)10-16-11-18(27)6-8-21(16)31/h6,8,10-11,19-20,22,24,29-32H,3-5,7,9,12-14H2,1-2H3/b15-10+/t19-,20+,22-,24-/m1/s1. The van der Waals surface area contributed by atoms with Crippen LogP contribution < -0.4 is 0 Å². The first-order valence-corrected chi connectivity index (χ1v) is 12.7. The molecule has 1 heterocycles. The second-order valence-corrected chi connectivity index (χ2v) is 10.0. The first-order chi connectivity index (χ1) is 16.3. The van der Waals surface area contributed by atoms with Crippen LogP contribution in [0.3, 0.4) is 0 Å². The van der Waals surface area contributed by atoms with E-state index in [-0.39, 0.29) is 37.2 Å². The molecular formula is C26H34BrNO6. The monoisotopic (exact) mass is 535 g/mol. The summed E-state index contributed by atoms with van der Waals surface area (Å²) in [6, 6.07) is 5.19. The Hall–Kier alpha value is -2.00. The second-order valence-electron chi connectivity index (χ2n) is 9.08. The number of phenols is 1. The van der Waals surface area contributed by atoms with Gasteiger partial charge < -0.3 is 20.4 Å². The number of aliphatic hydroxyl groups is 3. The van der Waals surface area contributed by atoms with Gasteiger partial charge in [-0.25, -0.2) is 0 Å². The van der Waals surface area contributed by atoms with Crippen molar-refractivity contribution in [3.05, 3.63) is 45.0 Å². The third-order valence-electron chi connectivity index (χ3n) is 7.01. The maximum atomic E-state index is 13.0. The number of aromatic hydroxyl groups is 1. The van der Waals surface area contributed by atoms with Crippen LogP contribution in [0.5, 0.6) is 5.75 Å². The summed E-state index contributed by atoms with van der Waals surface area (Å²) in [6.45, 7) is 3.52. The number of hydrogen-bond donors (Lipinski definition) is 4. The summed E-state index contributed by atoms with van der Waals surface area (Å²) in [5.74, 6) is -2.38. The number of likely N-dealkylation sites (tertiary alicyclic amines) is 1. The third-order valence-corrected chi connectivity index (χ3v) is 7.50. The van der Waals surface area contributed by atoms with Crippen molar-refractivity contribution in [2.45, 2.75) is 52.1 Å². The number of imide groups is 1. The van der Waals surface area contributed by atoms with Crippen LogP contribution in [0.2, 0.25) is 0 Å². The van der Waals surface area contributed by atoms with Crippen LogP contribution >= 0.6 is 15.9 Å². The molecule has 0 bridgehead atoms. The lowest BCUT2D eigenvalue weighted by Crippen LogP contribution is -2.39. The number of fused-ring (bicyclic) bond motifs is 1. The number of carbonyl (C=O) groups is 2. The van der Waals surface area contributed by atoms with Crippen molar-refractivity contribution in [2.75, 3.05) is 19.8 Å². The number of nitrogens with zero attached hydrogens (tertiary/aromatic N) is 1. The highest BCUT2D eigenvalue weighted by atomic mass is 79.9. The zero-order chi connectivity index (χ0) is 25.0. The first-order valence-electron chi connectivity index (χ1n) is 11.9. The molecule has 186 valence electrons. The van der Waals surface area contributed by atoms with Crippen molar-refractivity contribution >= 4 is 33.8 Å². The van der Waals surface area contributed by atoms with Crippen molar-refractivity contribution in [1.82, 2.24) is 4.90 Å². The van der Waals surface area contributed by atoms with Crippen LogP contribution in [0.4, 0.5) is 0 Å². The predicted molar refractivity (Wildman–Crippen MR) is 133 cm³/mol. The molecule has 0 saturated carbocycles. The van der Waals surface area contributed by atoms with Crippen LogP contribution in [0.1, 0.15) is 51.5 Å². The first kappa shape index (κ1) is 26.6. The Morgan fingerprint density at radius 1 is 1.24 bits per heavy atom. The van der Waals surface area contributed by atoms with Gasteiger partial charge in [0.2, 0.25) is 11.8 Å². The molecule has 0 aromatic heterocycles. The number of phenolic OH excluding ortho intramolecular Hbond substituents is 1. The summed E-state index contributed by atoms with van der Waals surface area (Å²) in [5, 5.41) is 41.5. The maximum absolute atomic E-state index is 13.0. The lowest BCUT2D eigenvalue weighted by molar-refractivity contribution is -0.140. The zero-order valence-corrected chi connectivity index (χ0v) is 21.3. The minimum absolute atomic E-state index is 0.166. The van der Waals surface area contributed by atoms with E-state index in [0.29, 0.717) is 42.5 Å². The quantitative estimate of drug-likeness (QED) is 0.269. The number of aliphatic hydroxyl groups excluding tert-OH is 3. The average Bonchev–Trinajstić information content (AvgIpc) is 3.07. The van der Waals surface area contributed by atoms with Crippen molar-refractivity contribution in [2.24, 2.45) is 17.8 Å². The largest absolute Gasteiger partial charge is 0.507 e. The molecule has 7 nitrogen and oxygen atoms in total. The molecule has 0 radical (unpaired) electrons. The molecular weight excluding hydrogens is 502 g/mol. The molecule has 2 amide bonds. The number of amides is 2. The van der Waals surface area contributed by atoms with Gasteiger partial charge in [0.05, 0.1) is 31.2 Å². The summed E-state index contributed by atoms with van der Waals surface area (Å²) in [7, 11) is 0. The molecule has 0 spiro atoms. The molecule has 1 saturated heterocycles. The number of halogens is 1. The van der Waals surface area contributed by atoms with Gasteiger partial charge in [0.1, 0.15) is 5.75 Å². The minimum Gasteiger partial charge on any atom is -0.507 e. The molecule has 1 aromatic carbocycles. The van der Waals surface area contributed by atoms with E-state index in [1.165, 1.54) is 4.90 Å². The Balaban J connectivity index is 1.83. The Kier molecular flexibility index (Phi) is 9.09. The number of allylic oxidation sites excluding steroid dienone is 1. The molecule has 1 aliphatic carbocycles. The van der Waals surface area contributed by atoms with E-state index in [9.17, 15) is 30.0 Å². The fourth-order valence-electron chi connectivity index (χ4n) is 5.30. The van der Waals surface area contributed by atoms with Crippen LogP contribution in [0.15, 0.2) is 39.4 Å². The Morgan fingerprint density at radius 2 is 1.97 bits per heavy atom. The van der Waals surface area contributed by atoms with Crippen LogP contribution in [-0.2, 0) is 9.59 Å². The van der Waals surface area contributed by atoms with Gasteiger partial charge in [0, 0.05) is 22.5 Å². The molecule has 2 aliphatic rings. The van der Waals surface area contributed by atoms with Gasteiger partial charge in [-0.3, -0.25) is 14.5 Å². The molecule has 1 aromatic rings.